The van der Waals surface area contributed by atoms with Crippen LogP contribution in [0.2, 0.25) is 0 Å². The minimum atomic E-state index is -0.480. The van der Waals surface area contributed by atoms with E-state index in [0.717, 1.165) is 22.3 Å². The van der Waals surface area contributed by atoms with Crippen molar-refractivity contribution in [1.82, 2.24) is 14.9 Å². The smallest absolute Gasteiger partial charge is 0.408 e. The van der Waals surface area contributed by atoms with E-state index in [1.165, 1.54) is 0 Å². The number of aromatic amines is 1. The molecule has 1 N–H and O–H groups in total. The van der Waals surface area contributed by atoms with Gasteiger partial charge in [-0.3, -0.25) is 14.8 Å². The maximum atomic E-state index is 13.1. The Labute approximate surface area is 160 Å². The lowest BCUT2D eigenvalue weighted by atomic mass is 9.99. The van der Waals surface area contributed by atoms with Crippen LogP contribution in [0.25, 0.3) is 11.1 Å². The Morgan fingerprint density at radius 3 is 2.79 bits per heavy atom. The molecule has 1 unspecified atom stereocenters. The Morgan fingerprint density at radius 1 is 1.04 bits per heavy atom. The summed E-state index contributed by atoms with van der Waals surface area (Å²) in [5.41, 5.74) is 4.91. The number of carbonyl (C=O) groups excluding carboxylic acids is 1. The topological polar surface area (TPSA) is 79.2 Å². The normalized spacial score (nSPS) is 15.9. The second-order valence-corrected chi connectivity index (χ2v) is 6.95. The van der Waals surface area contributed by atoms with Crippen molar-refractivity contribution in [2.75, 3.05) is 0 Å². The Bertz CT molecular complexity index is 1230. The van der Waals surface area contributed by atoms with E-state index in [-0.39, 0.29) is 11.9 Å². The van der Waals surface area contributed by atoms with E-state index >= 15 is 0 Å². The van der Waals surface area contributed by atoms with Gasteiger partial charge >= 0.3 is 5.76 Å². The van der Waals surface area contributed by atoms with Gasteiger partial charge in [0.05, 0.1) is 11.6 Å². The molecule has 5 rings (SSSR count). The molecule has 1 atom stereocenters. The van der Waals surface area contributed by atoms with Gasteiger partial charge < -0.3 is 9.32 Å². The van der Waals surface area contributed by atoms with Gasteiger partial charge in [0.1, 0.15) is 0 Å². The fraction of sp³-hybridized carbons (Fsp3) is 0.136. The van der Waals surface area contributed by atoms with Crippen LogP contribution in [-0.4, -0.2) is 20.8 Å². The van der Waals surface area contributed by atoms with Crippen LogP contribution in [0, 0.1) is 0 Å². The molecular weight excluding hydrogens is 354 g/mol. The molecule has 1 aliphatic rings. The molecule has 6 nitrogen and oxygen atoms in total. The summed E-state index contributed by atoms with van der Waals surface area (Å²) in [7, 11) is 0. The van der Waals surface area contributed by atoms with Gasteiger partial charge in [-0.1, -0.05) is 30.3 Å². The molecule has 0 fully saturated rings. The maximum Gasteiger partial charge on any atom is 0.417 e. The molecule has 4 aromatic rings. The fourth-order valence-corrected chi connectivity index (χ4v) is 3.88. The highest BCUT2D eigenvalue weighted by atomic mass is 16.4. The molecule has 0 radical (unpaired) electrons. The number of fused-ring (bicyclic) bond motifs is 2. The van der Waals surface area contributed by atoms with Crippen LogP contribution in [0.15, 0.2) is 76.2 Å². The third-order valence-corrected chi connectivity index (χ3v) is 5.18. The molecular formula is C22H17N3O3. The van der Waals surface area contributed by atoms with Crippen molar-refractivity contribution in [2.24, 2.45) is 0 Å². The van der Waals surface area contributed by atoms with Crippen molar-refractivity contribution < 1.29 is 9.21 Å². The number of nitrogens with zero attached hydrogens (tertiary/aromatic N) is 2. The van der Waals surface area contributed by atoms with E-state index in [4.69, 9.17) is 4.42 Å². The summed E-state index contributed by atoms with van der Waals surface area (Å²) in [5.74, 6) is -0.466. The number of hydrogen-bond acceptors (Lipinski definition) is 4. The molecule has 0 saturated heterocycles. The summed E-state index contributed by atoms with van der Waals surface area (Å²) in [6.07, 6.45) is 4.27. The van der Waals surface area contributed by atoms with Gasteiger partial charge in [-0.25, -0.2) is 4.79 Å². The minimum absolute atomic E-state index is 0.0140. The number of pyridine rings is 1. The number of oxazole rings is 1. The summed E-state index contributed by atoms with van der Waals surface area (Å²) in [4.78, 5) is 33.2. The number of amides is 1. The number of nitrogens with one attached hydrogen (secondary N) is 1. The summed E-state index contributed by atoms with van der Waals surface area (Å²) in [5, 5.41) is 0. The molecule has 2 aromatic heterocycles. The Kier molecular flexibility index (Phi) is 3.83. The zero-order chi connectivity index (χ0) is 19.1. The van der Waals surface area contributed by atoms with Gasteiger partial charge in [-0.2, -0.15) is 0 Å². The van der Waals surface area contributed by atoms with Crippen LogP contribution >= 0.6 is 0 Å². The van der Waals surface area contributed by atoms with Gasteiger partial charge in [-0.15, -0.1) is 0 Å². The van der Waals surface area contributed by atoms with Crippen LogP contribution in [0.1, 0.15) is 33.1 Å². The standard InChI is InChI=1S/C22H17N3O3/c26-21-17-6-2-1-5-16(17)19(10-14-4-3-9-23-12-14)25(21)13-15-7-8-18-20(11-15)28-22(27)24-18/h1-9,11-12,19H,10,13H2,(H,24,27). The molecule has 3 heterocycles. The highest BCUT2D eigenvalue weighted by molar-refractivity contribution is 5.99. The highest BCUT2D eigenvalue weighted by Gasteiger charge is 2.36. The summed E-state index contributed by atoms with van der Waals surface area (Å²) >= 11 is 0. The quantitative estimate of drug-likeness (QED) is 0.596. The predicted octanol–water partition coefficient (Wildman–Crippen LogP) is 3.46. The summed E-state index contributed by atoms with van der Waals surface area (Å²) < 4.78 is 5.16. The number of benzene rings is 2. The van der Waals surface area contributed by atoms with Crippen molar-refractivity contribution in [3.05, 3.63) is 99.8 Å². The third kappa shape index (κ3) is 2.79. The van der Waals surface area contributed by atoms with Crippen LogP contribution < -0.4 is 5.76 Å². The lowest BCUT2D eigenvalue weighted by Crippen LogP contribution is -2.28. The minimum Gasteiger partial charge on any atom is -0.408 e. The number of aromatic nitrogens is 2. The van der Waals surface area contributed by atoms with Crippen LogP contribution in [-0.2, 0) is 13.0 Å². The monoisotopic (exact) mass is 371 g/mol. The largest absolute Gasteiger partial charge is 0.417 e. The number of hydrogen-bond donors (Lipinski definition) is 1. The van der Waals surface area contributed by atoms with E-state index in [1.54, 1.807) is 12.3 Å². The number of rotatable bonds is 4. The second kappa shape index (κ2) is 6.49. The summed E-state index contributed by atoms with van der Waals surface area (Å²) in [6.45, 7) is 0.434. The molecule has 138 valence electrons. The molecule has 2 aromatic carbocycles. The average molecular weight is 371 g/mol. The molecule has 0 spiro atoms. The molecule has 1 aliphatic heterocycles. The van der Waals surface area contributed by atoms with Gasteiger partial charge in [0, 0.05) is 24.5 Å². The van der Waals surface area contributed by atoms with E-state index in [0.29, 0.717) is 24.1 Å². The maximum absolute atomic E-state index is 13.1. The predicted molar refractivity (Wildman–Crippen MR) is 104 cm³/mol. The van der Waals surface area contributed by atoms with Crippen molar-refractivity contribution in [3.63, 3.8) is 0 Å². The Morgan fingerprint density at radius 2 is 1.93 bits per heavy atom. The number of carbonyl (C=O) groups is 1. The van der Waals surface area contributed by atoms with E-state index in [9.17, 15) is 9.59 Å². The first-order valence-corrected chi connectivity index (χ1v) is 9.09. The Balaban J connectivity index is 1.51. The number of H-pyrrole nitrogens is 1. The lowest BCUT2D eigenvalue weighted by Gasteiger charge is -2.25. The first kappa shape index (κ1) is 16.5. The van der Waals surface area contributed by atoms with E-state index < -0.39 is 5.76 Å². The van der Waals surface area contributed by atoms with Crippen LogP contribution in [0.4, 0.5) is 0 Å². The van der Waals surface area contributed by atoms with E-state index in [2.05, 4.69) is 9.97 Å². The molecule has 0 bridgehead atoms. The van der Waals surface area contributed by atoms with E-state index in [1.807, 2.05) is 59.6 Å². The third-order valence-electron chi connectivity index (χ3n) is 5.18. The molecule has 0 aliphatic carbocycles. The van der Waals surface area contributed by atoms with Crippen LogP contribution in [0.3, 0.4) is 0 Å². The lowest BCUT2D eigenvalue weighted by molar-refractivity contribution is 0.0709. The molecule has 0 saturated carbocycles. The molecule has 28 heavy (non-hydrogen) atoms. The van der Waals surface area contributed by atoms with Crippen molar-refractivity contribution in [1.29, 1.82) is 0 Å². The first-order chi connectivity index (χ1) is 13.7. The first-order valence-electron chi connectivity index (χ1n) is 9.09. The Hall–Kier alpha value is -3.67. The molecule has 1 amide bonds. The SMILES string of the molecule is O=C1c2ccccc2C(Cc2cccnc2)N1Cc1ccc2[nH]c(=O)oc2c1. The zero-order valence-electron chi connectivity index (χ0n) is 15.0. The van der Waals surface area contributed by atoms with Gasteiger partial charge in [0.15, 0.2) is 5.58 Å². The van der Waals surface area contributed by atoms with Crippen molar-refractivity contribution in [3.8, 4) is 0 Å². The van der Waals surface area contributed by atoms with Gasteiger partial charge in [0.2, 0.25) is 0 Å². The highest BCUT2D eigenvalue weighted by Crippen LogP contribution is 2.37. The molecule has 6 heteroatoms. The fourth-order valence-electron chi connectivity index (χ4n) is 3.88. The van der Waals surface area contributed by atoms with Crippen LogP contribution in [0.5, 0.6) is 0 Å². The van der Waals surface area contributed by atoms with Gasteiger partial charge in [0.25, 0.3) is 5.91 Å². The second-order valence-electron chi connectivity index (χ2n) is 6.95. The summed E-state index contributed by atoms with van der Waals surface area (Å²) in [6, 6.07) is 17.1. The van der Waals surface area contributed by atoms with Crippen molar-refractivity contribution in [2.45, 2.75) is 19.0 Å². The van der Waals surface area contributed by atoms with Gasteiger partial charge in [-0.05, 0) is 47.4 Å². The zero-order valence-corrected chi connectivity index (χ0v) is 15.0. The van der Waals surface area contributed by atoms with Crippen molar-refractivity contribution >= 4 is 17.0 Å². The average Bonchev–Trinajstić information content (AvgIpc) is 3.21.